The largest absolute Gasteiger partial charge is 0.380 e. The molecule has 0 fully saturated rings. The molecule has 0 bridgehead atoms. The van der Waals surface area contributed by atoms with E-state index >= 15 is 0 Å². The Bertz CT molecular complexity index is 307. The topological polar surface area (TPSA) is 39.1 Å². The number of aryl methyl sites for hydroxylation is 1. The maximum atomic E-state index is 5.54. The van der Waals surface area contributed by atoms with Crippen LogP contribution >= 0.6 is 0 Å². The maximum Gasteiger partial charge on any atom is 0.0725 e. The van der Waals surface area contributed by atoms with E-state index in [0.717, 1.165) is 31.5 Å². The second-order valence-electron chi connectivity index (χ2n) is 4.43. The number of ether oxygens (including phenoxy) is 1. The highest BCUT2D eigenvalue weighted by Crippen LogP contribution is 2.09. The van der Waals surface area contributed by atoms with Crippen LogP contribution in [0.15, 0.2) is 12.3 Å². The first-order valence-corrected chi connectivity index (χ1v) is 6.45. The molecular formula is C13H25N3O. The van der Waals surface area contributed by atoms with Crippen LogP contribution in [0.2, 0.25) is 0 Å². The number of rotatable bonds is 8. The van der Waals surface area contributed by atoms with Crippen molar-refractivity contribution in [3.8, 4) is 0 Å². The first kappa shape index (κ1) is 14.2. The van der Waals surface area contributed by atoms with E-state index in [9.17, 15) is 0 Å². The Morgan fingerprint density at radius 3 is 2.71 bits per heavy atom. The van der Waals surface area contributed by atoms with Crippen molar-refractivity contribution in [1.82, 2.24) is 15.1 Å². The second-order valence-corrected chi connectivity index (χ2v) is 4.43. The number of hydrogen-bond acceptors (Lipinski definition) is 3. The molecule has 0 aliphatic heterocycles. The van der Waals surface area contributed by atoms with Crippen LogP contribution in [0, 0.1) is 0 Å². The summed E-state index contributed by atoms with van der Waals surface area (Å²) < 4.78 is 7.39. The molecule has 1 rings (SSSR count). The minimum atomic E-state index is 0.253. The monoisotopic (exact) mass is 239 g/mol. The average Bonchev–Trinajstić information content (AvgIpc) is 2.73. The zero-order valence-electron chi connectivity index (χ0n) is 11.4. The molecule has 0 aromatic carbocycles. The van der Waals surface area contributed by atoms with Gasteiger partial charge < -0.3 is 10.1 Å². The summed E-state index contributed by atoms with van der Waals surface area (Å²) in [7, 11) is 3.73. The molecule has 0 amide bonds. The zero-order chi connectivity index (χ0) is 12.7. The average molecular weight is 239 g/mol. The van der Waals surface area contributed by atoms with Crippen molar-refractivity contribution in [2.24, 2.45) is 7.05 Å². The molecule has 4 nitrogen and oxygen atoms in total. The van der Waals surface area contributed by atoms with Gasteiger partial charge in [-0.3, -0.25) is 4.68 Å². The van der Waals surface area contributed by atoms with Crippen molar-refractivity contribution >= 4 is 0 Å². The first-order valence-electron chi connectivity index (χ1n) is 6.45. The molecule has 1 N–H and O–H groups in total. The predicted molar refractivity (Wildman–Crippen MR) is 70.1 cm³/mol. The van der Waals surface area contributed by atoms with Gasteiger partial charge in [0.15, 0.2) is 0 Å². The van der Waals surface area contributed by atoms with Crippen LogP contribution in [-0.4, -0.2) is 35.6 Å². The molecular weight excluding hydrogens is 214 g/mol. The molecule has 0 aliphatic carbocycles. The molecule has 0 saturated carbocycles. The third-order valence-electron chi connectivity index (χ3n) is 3.01. The lowest BCUT2D eigenvalue weighted by molar-refractivity contribution is 0.0650. The Hall–Kier alpha value is -0.870. The molecule has 0 aliphatic rings. The van der Waals surface area contributed by atoms with Gasteiger partial charge in [0.05, 0.1) is 11.8 Å². The molecule has 0 radical (unpaired) electrons. The van der Waals surface area contributed by atoms with Crippen molar-refractivity contribution in [1.29, 1.82) is 0 Å². The highest BCUT2D eigenvalue weighted by molar-refractivity contribution is 5.02. The highest BCUT2D eigenvalue weighted by Gasteiger charge is 2.20. The maximum absolute atomic E-state index is 5.54. The molecule has 4 heteroatoms. The van der Waals surface area contributed by atoms with Gasteiger partial charge >= 0.3 is 0 Å². The van der Waals surface area contributed by atoms with Gasteiger partial charge in [-0.1, -0.05) is 13.8 Å². The quantitative estimate of drug-likeness (QED) is 0.751. The Balaban J connectivity index is 2.61. The fraction of sp³-hybridized carbons (Fsp3) is 0.769. The van der Waals surface area contributed by atoms with Crippen LogP contribution in [0.25, 0.3) is 0 Å². The third-order valence-corrected chi connectivity index (χ3v) is 3.01. The van der Waals surface area contributed by atoms with Crippen LogP contribution in [0.5, 0.6) is 0 Å². The summed E-state index contributed by atoms with van der Waals surface area (Å²) in [4.78, 5) is 0. The van der Waals surface area contributed by atoms with Crippen LogP contribution in [0.3, 0.4) is 0 Å². The van der Waals surface area contributed by atoms with E-state index in [1.165, 1.54) is 0 Å². The van der Waals surface area contributed by atoms with Gasteiger partial charge in [-0.15, -0.1) is 0 Å². The van der Waals surface area contributed by atoms with Gasteiger partial charge in [0.25, 0.3) is 0 Å². The number of methoxy groups -OCH3 is 1. The molecule has 2 atom stereocenters. The summed E-state index contributed by atoms with van der Waals surface area (Å²) in [5, 5.41) is 7.99. The normalized spacial score (nSPS) is 14.8. The van der Waals surface area contributed by atoms with Crippen LogP contribution in [0.1, 0.15) is 32.4 Å². The fourth-order valence-electron chi connectivity index (χ4n) is 2.08. The number of hydrogen-bond donors (Lipinski definition) is 1. The van der Waals surface area contributed by atoms with Crippen molar-refractivity contribution in [3.63, 3.8) is 0 Å². The van der Waals surface area contributed by atoms with Crippen molar-refractivity contribution in [2.45, 2.75) is 45.3 Å². The number of aromatic nitrogens is 2. The molecule has 98 valence electrons. The highest BCUT2D eigenvalue weighted by atomic mass is 16.5. The summed E-state index contributed by atoms with van der Waals surface area (Å²) in [5.41, 5.74) is 1.12. The predicted octanol–water partition coefficient (Wildman–Crippen LogP) is 1.76. The minimum Gasteiger partial charge on any atom is -0.380 e. The van der Waals surface area contributed by atoms with E-state index in [4.69, 9.17) is 4.74 Å². The Labute approximate surface area is 104 Å². The van der Waals surface area contributed by atoms with Crippen LogP contribution < -0.4 is 5.32 Å². The third kappa shape index (κ3) is 4.48. The zero-order valence-corrected chi connectivity index (χ0v) is 11.4. The first-order chi connectivity index (χ1) is 8.21. The van der Waals surface area contributed by atoms with Gasteiger partial charge in [-0.2, -0.15) is 5.10 Å². The summed E-state index contributed by atoms with van der Waals surface area (Å²) >= 11 is 0. The van der Waals surface area contributed by atoms with Gasteiger partial charge in [0, 0.05) is 32.8 Å². The van der Waals surface area contributed by atoms with E-state index < -0.39 is 0 Å². The molecule has 1 aromatic rings. The Morgan fingerprint density at radius 2 is 2.24 bits per heavy atom. The van der Waals surface area contributed by atoms with E-state index in [1.54, 1.807) is 7.11 Å². The number of nitrogens with one attached hydrogen (secondary N) is 1. The van der Waals surface area contributed by atoms with Crippen molar-refractivity contribution in [2.75, 3.05) is 13.7 Å². The Kier molecular flexibility index (Phi) is 6.22. The fourth-order valence-corrected chi connectivity index (χ4v) is 2.08. The van der Waals surface area contributed by atoms with Gasteiger partial charge in [0.2, 0.25) is 0 Å². The lowest BCUT2D eigenvalue weighted by Crippen LogP contribution is -2.42. The smallest absolute Gasteiger partial charge is 0.0725 e. The molecule has 2 unspecified atom stereocenters. The summed E-state index contributed by atoms with van der Waals surface area (Å²) in [6, 6.07) is 2.42. The van der Waals surface area contributed by atoms with Gasteiger partial charge in [-0.25, -0.2) is 0 Å². The molecule has 0 saturated heterocycles. The lowest BCUT2D eigenvalue weighted by Gasteiger charge is -2.25. The van der Waals surface area contributed by atoms with E-state index in [2.05, 4.69) is 30.3 Å². The minimum absolute atomic E-state index is 0.253. The Morgan fingerprint density at radius 1 is 1.47 bits per heavy atom. The van der Waals surface area contributed by atoms with Crippen molar-refractivity contribution in [3.05, 3.63) is 18.0 Å². The van der Waals surface area contributed by atoms with Crippen LogP contribution in [0.4, 0.5) is 0 Å². The van der Waals surface area contributed by atoms with E-state index in [-0.39, 0.29) is 6.10 Å². The van der Waals surface area contributed by atoms with Crippen molar-refractivity contribution < 1.29 is 4.74 Å². The van der Waals surface area contributed by atoms with Crippen LogP contribution in [-0.2, 0) is 18.2 Å². The van der Waals surface area contributed by atoms with E-state index in [0.29, 0.717) is 6.04 Å². The molecule has 1 aromatic heterocycles. The van der Waals surface area contributed by atoms with Gasteiger partial charge in [-0.05, 0) is 25.5 Å². The molecule has 0 spiro atoms. The SMILES string of the molecule is CCCNC(Cc1ccn(C)n1)C(CC)OC. The molecule has 1 heterocycles. The standard InChI is InChI=1S/C13H25N3O/c1-5-8-14-12(13(6-2)17-4)10-11-7-9-16(3)15-11/h7,9,12-14H,5-6,8,10H2,1-4H3. The lowest BCUT2D eigenvalue weighted by atomic mass is 10.0. The summed E-state index contributed by atoms with van der Waals surface area (Å²) in [5.74, 6) is 0. The number of nitrogens with zero attached hydrogens (tertiary/aromatic N) is 2. The van der Waals surface area contributed by atoms with Gasteiger partial charge in [0.1, 0.15) is 0 Å². The van der Waals surface area contributed by atoms with E-state index in [1.807, 2.05) is 17.9 Å². The molecule has 17 heavy (non-hydrogen) atoms. The summed E-state index contributed by atoms with van der Waals surface area (Å²) in [6.07, 6.45) is 5.32. The second kappa shape index (κ2) is 7.45. The summed E-state index contributed by atoms with van der Waals surface area (Å²) in [6.45, 7) is 5.36.